The predicted octanol–water partition coefficient (Wildman–Crippen LogP) is 6.66. The van der Waals surface area contributed by atoms with Crippen molar-refractivity contribution >= 4 is 34.1 Å². The minimum Gasteiger partial charge on any atom is -0.490 e. The number of hydrogen-bond acceptors (Lipinski definition) is 3. The Balaban J connectivity index is 1.85. The summed E-state index contributed by atoms with van der Waals surface area (Å²) in [5.74, 6) is 1.73. The van der Waals surface area contributed by atoms with Gasteiger partial charge in [0.1, 0.15) is 0 Å². The summed E-state index contributed by atoms with van der Waals surface area (Å²) in [4.78, 5) is 8.92. The van der Waals surface area contributed by atoms with Gasteiger partial charge in [-0.2, -0.15) is 0 Å². The molecular weight excluding hydrogens is 367 g/mol. The largest absolute Gasteiger partial charge is 0.490 e. The van der Waals surface area contributed by atoms with Crippen molar-refractivity contribution in [2.75, 3.05) is 6.61 Å². The SMILES string of the molecule is CC(C)CC(C)COc1cnc(-c2ccnc3ccc(Cl)cc23)cc1Cl. The average Bonchev–Trinajstić information content (AvgIpc) is 2.59. The highest BCUT2D eigenvalue weighted by Crippen LogP contribution is 2.32. The Morgan fingerprint density at radius 1 is 1.04 bits per heavy atom. The number of halogens is 2. The zero-order valence-corrected chi connectivity index (χ0v) is 16.7. The number of pyridine rings is 2. The van der Waals surface area contributed by atoms with Crippen LogP contribution in [0.15, 0.2) is 42.7 Å². The first-order valence-corrected chi connectivity index (χ1v) is 9.52. The summed E-state index contributed by atoms with van der Waals surface area (Å²) in [7, 11) is 0. The lowest BCUT2D eigenvalue weighted by Gasteiger charge is -2.16. The van der Waals surface area contributed by atoms with Crippen LogP contribution in [0.4, 0.5) is 0 Å². The summed E-state index contributed by atoms with van der Waals surface area (Å²) in [6.07, 6.45) is 4.57. The molecule has 2 heterocycles. The van der Waals surface area contributed by atoms with Gasteiger partial charge in [-0.05, 0) is 48.6 Å². The van der Waals surface area contributed by atoms with Crippen LogP contribution in [0, 0.1) is 11.8 Å². The summed E-state index contributed by atoms with van der Waals surface area (Å²) in [6, 6.07) is 9.38. The van der Waals surface area contributed by atoms with Crippen LogP contribution in [0.25, 0.3) is 22.2 Å². The van der Waals surface area contributed by atoms with Crippen molar-refractivity contribution in [1.29, 1.82) is 0 Å². The molecule has 1 aromatic carbocycles. The molecule has 26 heavy (non-hydrogen) atoms. The lowest BCUT2D eigenvalue weighted by molar-refractivity contribution is 0.238. The molecule has 3 rings (SSSR count). The van der Waals surface area contributed by atoms with Gasteiger partial charge in [0.2, 0.25) is 0 Å². The normalized spacial score (nSPS) is 12.5. The maximum atomic E-state index is 6.44. The van der Waals surface area contributed by atoms with Gasteiger partial charge in [-0.3, -0.25) is 9.97 Å². The second-order valence-corrected chi connectivity index (χ2v) is 7.91. The van der Waals surface area contributed by atoms with Crippen LogP contribution in [-0.2, 0) is 0 Å². The number of aromatic nitrogens is 2. The van der Waals surface area contributed by atoms with E-state index in [9.17, 15) is 0 Å². The highest BCUT2D eigenvalue weighted by molar-refractivity contribution is 6.32. The van der Waals surface area contributed by atoms with Crippen LogP contribution in [0.1, 0.15) is 27.2 Å². The van der Waals surface area contributed by atoms with E-state index in [2.05, 4.69) is 30.7 Å². The van der Waals surface area contributed by atoms with Gasteiger partial charge in [0, 0.05) is 22.2 Å². The lowest BCUT2D eigenvalue weighted by atomic mass is 10.00. The maximum Gasteiger partial charge on any atom is 0.156 e. The van der Waals surface area contributed by atoms with E-state index in [1.165, 1.54) is 0 Å². The molecule has 136 valence electrons. The predicted molar refractivity (Wildman–Crippen MR) is 109 cm³/mol. The quantitative estimate of drug-likeness (QED) is 0.473. The Morgan fingerprint density at radius 2 is 1.85 bits per heavy atom. The van der Waals surface area contributed by atoms with E-state index in [4.69, 9.17) is 27.9 Å². The monoisotopic (exact) mass is 388 g/mol. The zero-order chi connectivity index (χ0) is 18.7. The van der Waals surface area contributed by atoms with E-state index in [-0.39, 0.29) is 0 Å². The Kier molecular flexibility index (Phi) is 6.00. The van der Waals surface area contributed by atoms with Crippen molar-refractivity contribution in [3.8, 4) is 17.0 Å². The number of ether oxygens (including phenoxy) is 1. The van der Waals surface area contributed by atoms with Crippen molar-refractivity contribution in [2.45, 2.75) is 27.2 Å². The number of rotatable bonds is 6. The molecule has 0 amide bonds. The molecule has 0 spiro atoms. The summed E-state index contributed by atoms with van der Waals surface area (Å²) in [5, 5.41) is 2.17. The smallest absolute Gasteiger partial charge is 0.156 e. The fourth-order valence-electron chi connectivity index (χ4n) is 3.12. The van der Waals surface area contributed by atoms with Crippen molar-refractivity contribution in [2.24, 2.45) is 11.8 Å². The van der Waals surface area contributed by atoms with E-state index in [1.807, 2.05) is 30.3 Å². The molecule has 0 radical (unpaired) electrons. The van der Waals surface area contributed by atoms with Crippen molar-refractivity contribution in [3.63, 3.8) is 0 Å². The summed E-state index contributed by atoms with van der Waals surface area (Å²) in [5.41, 5.74) is 2.58. The van der Waals surface area contributed by atoms with Gasteiger partial charge in [0.25, 0.3) is 0 Å². The molecule has 0 saturated heterocycles. The summed E-state index contributed by atoms with van der Waals surface area (Å²) < 4.78 is 5.87. The molecule has 0 bridgehead atoms. The molecule has 3 nitrogen and oxygen atoms in total. The fourth-order valence-corrected chi connectivity index (χ4v) is 3.50. The molecule has 0 fully saturated rings. The molecule has 0 aliphatic carbocycles. The first kappa shape index (κ1) is 18.9. The molecule has 2 aromatic heterocycles. The molecule has 1 unspecified atom stereocenters. The van der Waals surface area contributed by atoms with Crippen LogP contribution in [0.5, 0.6) is 5.75 Å². The lowest BCUT2D eigenvalue weighted by Crippen LogP contribution is -2.11. The topological polar surface area (TPSA) is 35.0 Å². The van der Waals surface area contributed by atoms with E-state index >= 15 is 0 Å². The van der Waals surface area contributed by atoms with Gasteiger partial charge in [-0.1, -0.05) is 44.0 Å². The first-order valence-electron chi connectivity index (χ1n) is 8.77. The Labute approximate surface area is 164 Å². The number of nitrogens with zero attached hydrogens (tertiary/aromatic N) is 2. The van der Waals surface area contributed by atoms with E-state index in [1.54, 1.807) is 12.4 Å². The molecule has 0 N–H and O–H groups in total. The number of benzene rings is 1. The Hall–Kier alpha value is -1.84. The standard InChI is InChI=1S/C21H22Cl2N2O/c1-13(2)8-14(3)12-26-21-11-25-20(10-18(21)23)16-6-7-24-19-5-4-15(22)9-17(16)19/h4-7,9-11,13-14H,8,12H2,1-3H3. The van der Waals surface area contributed by atoms with Gasteiger partial charge in [0.15, 0.2) is 5.75 Å². The third-order valence-corrected chi connectivity index (χ3v) is 4.73. The molecule has 0 saturated carbocycles. The zero-order valence-electron chi connectivity index (χ0n) is 15.2. The molecule has 3 aromatic rings. The minimum absolute atomic E-state index is 0.469. The summed E-state index contributed by atoms with van der Waals surface area (Å²) in [6.45, 7) is 7.24. The highest BCUT2D eigenvalue weighted by atomic mass is 35.5. The minimum atomic E-state index is 0.469. The van der Waals surface area contributed by atoms with Gasteiger partial charge in [-0.15, -0.1) is 0 Å². The van der Waals surface area contributed by atoms with E-state index in [0.29, 0.717) is 34.2 Å². The van der Waals surface area contributed by atoms with Crippen molar-refractivity contribution in [3.05, 3.63) is 52.8 Å². The fraction of sp³-hybridized carbons (Fsp3) is 0.333. The van der Waals surface area contributed by atoms with Crippen LogP contribution < -0.4 is 4.74 Å². The third kappa shape index (κ3) is 4.46. The van der Waals surface area contributed by atoms with Gasteiger partial charge in [0.05, 0.1) is 29.0 Å². The van der Waals surface area contributed by atoms with Crippen molar-refractivity contribution < 1.29 is 4.74 Å². The first-order chi connectivity index (χ1) is 12.4. The second-order valence-electron chi connectivity index (χ2n) is 7.07. The van der Waals surface area contributed by atoms with Crippen molar-refractivity contribution in [1.82, 2.24) is 9.97 Å². The van der Waals surface area contributed by atoms with Crippen LogP contribution in [0.3, 0.4) is 0 Å². The van der Waals surface area contributed by atoms with E-state index in [0.717, 1.165) is 28.6 Å². The van der Waals surface area contributed by atoms with Crippen LogP contribution in [0.2, 0.25) is 10.0 Å². The highest BCUT2D eigenvalue weighted by Gasteiger charge is 2.12. The van der Waals surface area contributed by atoms with Gasteiger partial charge in [-0.25, -0.2) is 0 Å². The molecule has 0 aliphatic rings. The maximum absolute atomic E-state index is 6.44. The van der Waals surface area contributed by atoms with Crippen LogP contribution >= 0.6 is 23.2 Å². The number of fused-ring (bicyclic) bond motifs is 1. The van der Waals surface area contributed by atoms with Gasteiger partial charge >= 0.3 is 0 Å². The molecule has 1 atom stereocenters. The van der Waals surface area contributed by atoms with Gasteiger partial charge < -0.3 is 4.74 Å². The molecule has 5 heteroatoms. The third-order valence-electron chi connectivity index (χ3n) is 4.20. The number of hydrogen-bond donors (Lipinski definition) is 0. The van der Waals surface area contributed by atoms with E-state index < -0.39 is 0 Å². The molecular formula is C21H22Cl2N2O. The summed E-state index contributed by atoms with van der Waals surface area (Å²) >= 11 is 12.6. The Morgan fingerprint density at radius 3 is 2.58 bits per heavy atom. The second kappa shape index (κ2) is 8.24. The molecule has 0 aliphatic heterocycles. The van der Waals surface area contributed by atoms with Crippen LogP contribution in [-0.4, -0.2) is 16.6 Å². The average molecular weight is 389 g/mol. The Bertz CT molecular complexity index is 912.